The van der Waals surface area contributed by atoms with Crippen molar-refractivity contribution < 1.29 is 27.9 Å². The van der Waals surface area contributed by atoms with Crippen LogP contribution in [-0.4, -0.2) is 42.4 Å². The molecule has 1 N–H and O–H groups in total. The van der Waals surface area contributed by atoms with Gasteiger partial charge < -0.3 is 19.4 Å². The minimum absolute atomic E-state index is 0.0735. The number of rotatable bonds is 8. The van der Waals surface area contributed by atoms with E-state index in [-0.39, 0.29) is 18.2 Å². The van der Waals surface area contributed by atoms with E-state index in [0.29, 0.717) is 5.56 Å². The first kappa shape index (κ1) is 21.1. The van der Waals surface area contributed by atoms with Crippen LogP contribution in [0.2, 0.25) is 0 Å². The number of amides is 2. The number of furan rings is 1. The normalized spacial score (nSPS) is 11.8. The van der Waals surface area contributed by atoms with Gasteiger partial charge in [0.05, 0.1) is 6.26 Å². The zero-order chi connectivity index (χ0) is 20.7. The summed E-state index contributed by atoms with van der Waals surface area (Å²) in [5.41, 5.74) is 0.618. The molecular weight excluding hydrogens is 367 g/mol. The zero-order valence-corrected chi connectivity index (χ0v) is 16.0. The lowest BCUT2D eigenvalue weighted by molar-refractivity contribution is -0.154. The van der Waals surface area contributed by atoms with Gasteiger partial charge in [-0.1, -0.05) is 26.0 Å². The fourth-order valence-corrected chi connectivity index (χ4v) is 2.45. The molecule has 0 radical (unpaired) electrons. The van der Waals surface area contributed by atoms with E-state index in [1.165, 1.54) is 36.4 Å². The summed E-state index contributed by atoms with van der Waals surface area (Å²) in [5, 5.41) is 2.54. The van der Waals surface area contributed by atoms with Gasteiger partial charge >= 0.3 is 5.97 Å². The predicted octanol–water partition coefficient (Wildman–Crippen LogP) is 2.37. The third kappa shape index (κ3) is 5.94. The highest BCUT2D eigenvalue weighted by Gasteiger charge is 2.27. The van der Waals surface area contributed by atoms with E-state index < -0.39 is 36.2 Å². The number of nitrogens with zero attached hydrogens (tertiary/aromatic N) is 1. The number of benzene rings is 1. The summed E-state index contributed by atoms with van der Waals surface area (Å²) >= 11 is 0. The number of carbonyl (C=O) groups excluding carboxylic acids is 3. The summed E-state index contributed by atoms with van der Waals surface area (Å²) < 4.78 is 23.3. The first-order valence-corrected chi connectivity index (χ1v) is 8.77. The maximum absolute atomic E-state index is 13.2. The van der Waals surface area contributed by atoms with Gasteiger partial charge in [-0.2, -0.15) is 0 Å². The monoisotopic (exact) mass is 390 g/mol. The van der Waals surface area contributed by atoms with Gasteiger partial charge in [-0.25, -0.2) is 9.18 Å². The quantitative estimate of drug-likeness (QED) is 0.699. The van der Waals surface area contributed by atoms with Crippen molar-refractivity contribution in [3.8, 4) is 0 Å². The Morgan fingerprint density at radius 1 is 1.21 bits per heavy atom. The topological polar surface area (TPSA) is 88.9 Å². The molecule has 150 valence electrons. The number of likely N-dealkylation sites (N-methyl/N-ethyl adjacent to an activating group) is 1. The Labute approximate surface area is 162 Å². The van der Waals surface area contributed by atoms with Crippen LogP contribution in [0.25, 0.3) is 0 Å². The molecule has 2 aromatic rings. The maximum Gasteiger partial charge on any atom is 0.329 e. The molecule has 0 spiro atoms. The Morgan fingerprint density at radius 2 is 1.96 bits per heavy atom. The molecule has 1 atom stereocenters. The number of halogens is 1. The van der Waals surface area contributed by atoms with Crippen LogP contribution in [-0.2, 0) is 20.9 Å². The van der Waals surface area contributed by atoms with E-state index in [9.17, 15) is 18.8 Å². The number of hydrogen-bond acceptors (Lipinski definition) is 5. The smallest absolute Gasteiger partial charge is 0.329 e. The Bertz CT molecular complexity index is 820. The van der Waals surface area contributed by atoms with E-state index in [0.717, 1.165) is 0 Å². The van der Waals surface area contributed by atoms with Crippen LogP contribution in [0.1, 0.15) is 30.0 Å². The lowest BCUT2D eigenvalue weighted by atomic mass is 10.0. The predicted molar refractivity (Wildman–Crippen MR) is 98.6 cm³/mol. The second-order valence-electron chi connectivity index (χ2n) is 6.66. The van der Waals surface area contributed by atoms with Crippen LogP contribution in [0.3, 0.4) is 0 Å². The molecule has 0 aliphatic rings. The minimum Gasteiger partial charge on any atom is -0.459 e. The van der Waals surface area contributed by atoms with Crippen molar-refractivity contribution in [2.45, 2.75) is 26.4 Å². The minimum atomic E-state index is -0.932. The van der Waals surface area contributed by atoms with E-state index in [1.807, 2.05) is 0 Å². The molecule has 28 heavy (non-hydrogen) atoms. The Morgan fingerprint density at radius 3 is 2.57 bits per heavy atom. The summed E-state index contributed by atoms with van der Waals surface area (Å²) in [7, 11) is 1.53. The lowest BCUT2D eigenvalue weighted by Gasteiger charge is -2.21. The summed E-state index contributed by atoms with van der Waals surface area (Å²) in [6.45, 7) is 3.18. The average Bonchev–Trinajstić information content (AvgIpc) is 3.18. The van der Waals surface area contributed by atoms with E-state index in [4.69, 9.17) is 9.15 Å². The van der Waals surface area contributed by atoms with Gasteiger partial charge in [0.1, 0.15) is 11.9 Å². The fraction of sp³-hybridized carbons (Fsp3) is 0.350. The zero-order valence-electron chi connectivity index (χ0n) is 16.0. The van der Waals surface area contributed by atoms with Crippen molar-refractivity contribution >= 4 is 17.8 Å². The van der Waals surface area contributed by atoms with Crippen LogP contribution >= 0.6 is 0 Å². The molecule has 0 saturated carbocycles. The summed E-state index contributed by atoms with van der Waals surface area (Å²) in [6.07, 6.45) is 1.35. The Hall–Kier alpha value is -3.16. The molecule has 0 bridgehead atoms. The van der Waals surface area contributed by atoms with E-state index in [1.54, 1.807) is 32.0 Å². The molecule has 0 fully saturated rings. The van der Waals surface area contributed by atoms with Crippen LogP contribution in [0, 0.1) is 11.7 Å². The van der Waals surface area contributed by atoms with Gasteiger partial charge in [0, 0.05) is 13.6 Å². The van der Waals surface area contributed by atoms with Crippen molar-refractivity contribution in [2.75, 3.05) is 13.7 Å². The number of esters is 1. The molecule has 0 aliphatic heterocycles. The van der Waals surface area contributed by atoms with Gasteiger partial charge in [-0.3, -0.25) is 9.59 Å². The third-order valence-corrected chi connectivity index (χ3v) is 4.02. The lowest BCUT2D eigenvalue weighted by Crippen LogP contribution is -2.46. The van der Waals surface area contributed by atoms with Crippen molar-refractivity contribution in [1.29, 1.82) is 0 Å². The van der Waals surface area contributed by atoms with Gasteiger partial charge in [0.25, 0.3) is 11.8 Å². The molecule has 1 heterocycles. The van der Waals surface area contributed by atoms with Crippen molar-refractivity contribution in [2.24, 2.45) is 5.92 Å². The van der Waals surface area contributed by atoms with Gasteiger partial charge in [-0.05, 0) is 35.7 Å². The molecule has 7 nitrogen and oxygen atoms in total. The van der Waals surface area contributed by atoms with Gasteiger partial charge in [0.2, 0.25) is 0 Å². The first-order chi connectivity index (χ1) is 13.3. The number of ether oxygens (including phenoxy) is 1. The van der Waals surface area contributed by atoms with Crippen LogP contribution in [0.5, 0.6) is 0 Å². The van der Waals surface area contributed by atoms with Gasteiger partial charge in [0.15, 0.2) is 12.4 Å². The SMILES string of the molecule is CC(C)[C@H](NC(=O)c1ccco1)C(=O)OCC(=O)N(C)Cc1cccc(F)c1. The Balaban J connectivity index is 1.88. The average molecular weight is 390 g/mol. The molecule has 8 heteroatoms. The molecule has 2 rings (SSSR count). The largest absolute Gasteiger partial charge is 0.459 e. The highest BCUT2D eigenvalue weighted by molar-refractivity contribution is 5.94. The fourth-order valence-electron chi connectivity index (χ4n) is 2.45. The standard InChI is InChI=1S/C20H23FN2O5/c1-13(2)18(22-19(25)16-8-5-9-27-16)20(26)28-12-17(24)23(3)11-14-6-4-7-15(21)10-14/h4-10,13,18H,11-12H2,1-3H3,(H,22,25)/t18-/m0/s1. The number of carbonyl (C=O) groups is 3. The molecule has 0 saturated heterocycles. The van der Waals surface area contributed by atoms with Crippen molar-refractivity contribution in [1.82, 2.24) is 10.2 Å². The van der Waals surface area contributed by atoms with E-state index >= 15 is 0 Å². The number of hydrogen-bond donors (Lipinski definition) is 1. The molecule has 0 aliphatic carbocycles. The molecular formula is C20H23FN2O5. The van der Waals surface area contributed by atoms with Crippen LogP contribution in [0.4, 0.5) is 4.39 Å². The summed E-state index contributed by atoms with van der Waals surface area (Å²) in [6, 6.07) is 7.99. The summed E-state index contributed by atoms with van der Waals surface area (Å²) in [4.78, 5) is 37.9. The molecule has 1 aromatic heterocycles. The second-order valence-corrected chi connectivity index (χ2v) is 6.66. The molecule has 1 aromatic carbocycles. The van der Waals surface area contributed by atoms with Gasteiger partial charge in [-0.15, -0.1) is 0 Å². The molecule has 2 amide bonds. The highest BCUT2D eigenvalue weighted by Crippen LogP contribution is 2.09. The van der Waals surface area contributed by atoms with Crippen molar-refractivity contribution in [3.63, 3.8) is 0 Å². The maximum atomic E-state index is 13.2. The van der Waals surface area contributed by atoms with E-state index in [2.05, 4.69) is 5.32 Å². The summed E-state index contributed by atoms with van der Waals surface area (Å²) in [5.74, 6) is -2.29. The Kier molecular flexibility index (Phi) is 7.31. The second kappa shape index (κ2) is 9.68. The van der Waals surface area contributed by atoms with Crippen LogP contribution in [0.15, 0.2) is 47.1 Å². The van der Waals surface area contributed by atoms with Crippen molar-refractivity contribution in [3.05, 3.63) is 59.8 Å². The first-order valence-electron chi connectivity index (χ1n) is 8.77. The molecule has 0 unspecified atom stereocenters. The highest BCUT2D eigenvalue weighted by atomic mass is 19.1. The van der Waals surface area contributed by atoms with Crippen LogP contribution < -0.4 is 5.32 Å². The number of nitrogens with one attached hydrogen (secondary N) is 1. The third-order valence-electron chi connectivity index (χ3n) is 4.02.